The van der Waals surface area contributed by atoms with Crippen LogP contribution in [0.4, 0.5) is 4.39 Å². The molecule has 3 rings (SSSR count). The van der Waals surface area contributed by atoms with Gasteiger partial charge in [-0.05, 0) is 30.2 Å². The van der Waals surface area contributed by atoms with E-state index in [2.05, 4.69) is 19.8 Å². The summed E-state index contributed by atoms with van der Waals surface area (Å²) in [5.41, 5.74) is 2.43. The third-order valence-corrected chi connectivity index (χ3v) is 5.52. The largest absolute Gasteiger partial charge is 0.435 e. The van der Waals surface area contributed by atoms with Crippen molar-refractivity contribution in [3.63, 3.8) is 0 Å². The predicted molar refractivity (Wildman–Crippen MR) is 137 cm³/mol. The van der Waals surface area contributed by atoms with Crippen LogP contribution in [0.3, 0.4) is 0 Å². The molecule has 1 heterocycles. The van der Waals surface area contributed by atoms with Crippen molar-refractivity contribution >= 4 is 0 Å². The highest BCUT2D eigenvalue weighted by atomic mass is 19.1. The lowest BCUT2D eigenvalue weighted by Gasteiger charge is -2.25. The number of methoxy groups -OCH3 is 1. The van der Waals surface area contributed by atoms with Gasteiger partial charge in [0.15, 0.2) is 11.6 Å². The summed E-state index contributed by atoms with van der Waals surface area (Å²) in [6, 6.07) is 15.9. The Labute approximate surface area is 212 Å². The van der Waals surface area contributed by atoms with Crippen LogP contribution in [-0.2, 0) is 16.0 Å². The fourth-order valence-electron chi connectivity index (χ4n) is 3.83. The highest BCUT2D eigenvalue weighted by molar-refractivity contribution is 5.44. The van der Waals surface area contributed by atoms with Crippen LogP contribution in [0.5, 0.6) is 11.6 Å². The Morgan fingerprint density at radius 1 is 1.14 bits per heavy atom. The normalized spacial score (nSPS) is 12.2. The van der Waals surface area contributed by atoms with Gasteiger partial charge in [-0.2, -0.15) is 5.10 Å². The number of hydrogen-bond acceptors (Lipinski definition) is 6. The first-order chi connectivity index (χ1) is 17.4. The van der Waals surface area contributed by atoms with Gasteiger partial charge in [0, 0.05) is 26.7 Å². The lowest BCUT2D eigenvalue weighted by atomic mass is 10.1. The van der Waals surface area contributed by atoms with Crippen molar-refractivity contribution in [3.05, 3.63) is 71.7 Å². The summed E-state index contributed by atoms with van der Waals surface area (Å²) in [6.45, 7) is 6.09. The van der Waals surface area contributed by atoms with Gasteiger partial charge < -0.3 is 19.3 Å². The average Bonchev–Trinajstić information content (AvgIpc) is 3.22. The average molecular weight is 496 g/mol. The fourth-order valence-corrected chi connectivity index (χ4v) is 3.83. The molecule has 0 bridgehead atoms. The van der Waals surface area contributed by atoms with Gasteiger partial charge in [0.1, 0.15) is 6.61 Å². The van der Waals surface area contributed by atoms with E-state index in [4.69, 9.17) is 25.7 Å². The summed E-state index contributed by atoms with van der Waals surface area (Å²) >= 11 is 0. The molecule has 0 unspecified atom stereocenters. The van der Waals surface area contributed by atoms with Crippen LogP contribution in [0.1, 0.15) is 31.0 Å². The molecule has 8 heteroatoms. The zero-order valence-electron chi connectivity index (χ0n) is 21.1. The van der Waals surface area contributed by atoms with Gasteiger partial charge in [0.25, 0.3) is 0 Å². The molecule has 192 valence electrons. The molecule has 0 spiro atoms. The minimum absolute atomic E-state index is 0.0705. The first kappa shape index (κ1) is 27.4. The molecule has 0 saturated heterocycles. The first-order valence-corrected chi connectivity index (χ1v) is 11.9. The van der Waals surface area contributed by atoms with E-state index < -0.39 is 11.9 Å². The maximum absolute atomic E-state index is 14.6. The molecule has 0 aliphatic carbocycles. The quantitative estimate of drug-likeness (QED) is 0.264. The van der Waals surface area contributed by atoms with Crippen molar-refractivity contribution in [1.29, 1.82) is 0 Å². The molecule has 0 aliphatic heterocycles. The van der Waals surface area contributed by atoms with Gasteiger partial charge in [-0.1, -0.05) is 50.1 Å². The number of hydrogen-bond donors (Lipinski definition) is 1. The summed E-state index contributed by atoms with van der Waals surface area (Å²) in [7, 11) is 1.63. The number of nitrogens with zero attached hydrogens (tertiary/aromatic N) is 3. The maximum Gasteiger partial charge on any atom is 0.227 e. The van der Waals surface area contributed by atoms with Crippen LogP contribution in [0, 0.1) is 18.2 Å². The Hall–Kier alpha value is -3.22. The van der Waals surface area contributed by atoms with Crippen molar-refractivity contribution < 1.29 is 23.7 Å². The summed E-state index contributed by atoms with van der Waals surface area (Å²) < 4.78 is 33.1. The van der Waals surface area contributed by atoms with Crippen LogP contribution in [0.2, 0.25) is 0 Å². The van der Waals surface area contributed by atoms with E-state index >= 15 is 0 Å². The van der Waals surface area contributed by atoms with E-state index in [1.54, 1.807) is 30.0 Å². The predicted octanol–water partition coefficient (Wildman–Crippen LogP) is 4.39. The smallest absolute Gasteiger partial charge is 0.227 e. The Kier molecular flexibility index (Phi) is 10.5. The maximum atomic E-state index is 14.6. The highest BCUT2D eigenvalue weighted by Gasteiger charge is 2.26. The molecular formula is C28H34FN3O4. The molecule has 7 nitrogen and oxygen atoms in total. The molecule has 2 aromatic carbocycles. The van der Waals surface area contributed by atoms with E-state index in [0.29, 0.717) is 32.1 Å². The Balaban J connectivity index is 2.03. The molecule has 0 fully saturated rings. The van der Waals surface area contributed by atoms with Crippen LogP contribution in [0.25, 0.3) is 5.69 Å². The number of aliphatic hydroxyl groups excluding tert-OH is 1. The topological polar surface area (TPSA) is 69.0 Å². The summed E-state index contributed by atoms with van der Waals surface area (Å²) in [5, 5.41) is 15.4. The van der Waals surface area contributed by atoms with Gasteiger partial charge >= 0.3 is 0 Å². The van der Waals surface area contributed by atoms with Crippen molar-refractivity contribution in [1.82, 2.24) is 14.7 Å². The number of para-hydroxylation sites is 2. The Bertz CT molecular complexity index is 1130. The molecule has 1 atom stereocenters. The molecule has 0 amide bonds. The number of aliphatic hydroxyl groups is 1. The number of rotatable bonds is 14. The first-order valence-electron chi connectivity index (χ1n) is 11.9. The van der Waals surface area contributed by atoms with Crippen molar-refractivity contribution in [2.24, 2.45) is 0 Å². The zero-order chi connectivity index (χ0) is 25.9. The van der Waals surface area contributed by atoms with E-state index in [1.807, 2.05) is 35.2 Å². The standard InChI is InChI=1S/C28H34FN3O4/c1-5-16-35-20-23(33)18-31(15-17-34-4)19-24-27(21(2)3)30-32(22-11-7-6-8-12-22)28(24)36-26-14-10-9-13-25(26)29/h1,6-14,21,23,33H,15-20H2,2-4H3/t23-/m0/s1. The summed E-state index contributed by atoms with van der Waals surface area (Å²) in [4.78, 5) is 2.04. The van der Waals surface area contributed by atoms with E-state index in [1.165, 1.54) is 6.07 Å². The molecule has 0 radical (unpaired) electrons. The molecule has 0 saturated carbocycles. The van der Waals surface area contributed by atoms with Gasteiger partial charge in [-0.3, -0.25) is 4.90 Å². The van der Waals surface area contributed by atoms with E-state index in [-0.39, 0.29) is 24.9 Å². The number of terminal acetylenes is 1. The third kappa shape index (κ3) is 7.39. The molecule has 3 aromatic rings. The number of aromatic nitrogens is 2. The third-order valence-electron chi connectivity index (χ3n) is 5.52. The monoisotopic (exact) mass is 495 g/mol. The fraction of sp³-hybridized carbons (Fsp3) is 0.393. The minimum atomic E-state index is -0.752. The zero-order valence-corrected chi connectivity index (χ0v) is 21.1. The second kappa shape index (κ2) is 13.8. The van der Waals surface area contributed by atoms with Crippen molar-refractivity contribution in [2.75, 3.05) is 40.0 Å². The molecule has 0 aliphatic rings. The van der Waals surface area contributed by atoms with Crippen LogP contribution >= 0.6 is 0 Å². The SMILES string of the molecule is C#CCOC[C@@H](O)CN(CCOC)Cc1c(C(C)C)nn(-c2ccccc2)c1Oc1ccccc1F. The number of benzene rings is 2. The highest BCUT2D eigenvalue weighted by Crippen LogP contribution is 2.35. The van der Waals surface area contributed by atoms with Gasteiger partial charge in [0.2, 0.25) is 5.88 Å². The number of halogens is 1. The van der Waals surface area contributed by atoms with E-state index in [0.717, 1.165) is 16.9 Å². The second-order valence-corrected chi connectivity index (χ2v) is 8.70. The van der Waals surface area contributed by atoms with Crippen LogP contribution < -0.4 is 4.74 Å². The van der Waals surface area contributed by atoms with E-state index in [9.17, 15) is 9.50 Å². The van der Waals surface area contributed by atoms with Crippen molar-refractivity contribution in [3.8, 4) is 29.7 Å². The molecule has 1 N–H and O–H groups in total. The Morgan fingerprint density at radius 3 is 2.53 bits per heavy atom. The Morgan fingerprint density at radius 2 is 1.86 bits per heavy atom. The number of ether oxygens (including phenoxy) is 3. The van der Waals surface area contributed by atoms with Crippen molar-refractivity contribution in [2.45, 2.75) is 32.4 Å². The lowest BCUT2D eigenvalue weighted by molar-refractivity contribution is 0.0205. The van der Waals surface area contributed by atoms with Crippen LogP contribution in [0.15, 0.2) is 54.6 Å². The molecule has 1 aromatic heterocycles. The van der Waals surface area contributed by atoms with Crippen LogP contribution in [-0.4, -0.2) is 65.9 Å². The molecule has 36 heavy (non-hydrogen) atoms. The van der Waals surface area contributed by atoms with Gasteiger partial charge in [0.05, 0.1) is 36.3 Å². The summed E-state index contributed by atoms with van der Waals surface area (Å²) in [6.07, 6.45) is 4.48. The minimum Gasteiger partial charge on any atom is -0.435 e. The van der Waals surface area contributed by atoms with Gasteiger partial charge in [-0.25, -0.2) is 9.07 Å². The lowest BCUT2D eigenvalue weighted by Crippen LogP contribution is -2.37. The molecular weight excluding hydrogens is 461 g/mol. The summed E-state index contributed by atoms with van der Waals surface area (Å²) in [5.74, 6) is 2.54. The second-order valence-electron chi connectivity index (χ2n) is 8.70. The van der Waals surface area contributed by atoms with Gasteiger partial charge in [-0.15, -0.1) is 6.42 Å².